The molecule has 0 aliphatic rings. The van der Waals surface area contributed by atoms with E-state index in [1.165, 1.54) is 0 Å². The highest BCUT2D eigenvalue weighted by molar-refractivity contribution is 7.92. The molecule has 0 atom stereocenters. The Balaban J connectivity index is 1.73. The van der Waals surface area contributed by atoms with Gasteiger partial charge < -0.3 is 4.57 Å². The molecule has 0 fully saturated rings. The predicted molar refractivity (Wildman–Crippen MR) is 129 cm³/mol. The topological polar surface area (TPSA) is 83.8 Å². The van der Waals surface area contributed by atoms with Crippen LogP contribution in [-0.4, -0.2) is 37.9 Å². The quantitative estimate of drug-likeness (QED) is 0.417. The van der Waals surface area contributed by atoms with Gasteiger partial charge in [0.15, 0.2) is 0 Å². The Morgan fingerprint density at radius 3 is 2.44 bits per heavy atom. The van der Waals surface area contributed by atoms with Crippen molar-refractivity contribution in [3.8, 4) is 5.69 Å². The summed E-state index contributed by atoms with van der Waals surface area (Å²) in [6.45, 7) is 5.41. The molecule has 168 valence electrons. The molecule has 9 heteroatoms. The summed E-state index contributed by atoms with van der Waals surface area (Å²) in [5.74, 6) is -0.542. The first-order valence-electron chi connectivity index (χ1n) is 9.87. The second-order valence-electron chi connectivity index (χ2n) is 7.54. The highest BCUT2D eigenvalue weighted by Crippen LogP contribution is 2.21. The molecular weight excluding hydrogens is 448 g/mol. The number of hydrogen-bond acceptors (Lipinski definition) is 4. The second kappa shape index (κ2) is 9.58. The minimum atomic E-state index is -3.64. The molecule has 1 N–H and O–H groups in total. The molecule has 32 heavy (non-hydrogen) atoms. The van der Waals surface area contributed by atoms with Crippen LogP contribution in [0, 0.1) is 20.8 Å². The number of benzene rings is 2. The van der Waals surface area contributed by atoms with Crippen LogP contribution < -0.4 is 9.73 Å². The smallest absolute Gasteiger partial charge is 0.260 e. The molecule has 0 aliphatic heterocycles. The van der Waals surface area contributed by atoms with Gasteiger partial charge in [-0.05, 0) is 68.8 Å². The van der Waals surface area contributed by atoms with Gasteiger partial charge in [0, 0.05) is 27.7 Å². The van der Waals surface area contributed by atoms with Crippen LogP contribution in [0.1, 0.15) is 22.5 Å². The summed E-state index contributed by atoms with van der Waals surface area (Å²) in [4.78, 5) is 12.4. The molecular formula is C23H25ClN4O3S. The maximum atomic E-state index is 12.4. The molecule has 0 spiro atoms. The SMILES string of the molecule is Cc1cccc(N(CC(=O)N/N=C\c2cc(C)n(-c3ccc(Cl)cc3)c2C)S(C)(=O)=O)c1. The van der Waals surface area contributed by atoms with Crippen molar-refractivity contribution in [1.82, 2.24) is 9.99 Å². The van der Waals surface area contributed by atoms with Crippen LogP contribution in [0.15, 0.2) is 59.7 Å². The third-order valence-electron chi connectivity index (χ3n) is 4.93. The number of nitrogens with one attached hydrogen (secondary N) is 1. The zero-order valence-electron chi connectivity index (χ0n) is 18.3. The van der Waals surface area contributed by atoms with E-state index in [-0.39, 0.29) is 6.54 Å². The first kappa shape index (κ1) is 23.6. The molecule has 3 aromatic rings. The van der Waals surface area contributed by atoms with E-state index in [4.69, 9.17) is 11.6 Å². The number of carbonyl (C=O) groups excluding carboxylic acids is 1. The number of aromatic nitrogens is 1. The van der Waals surface area contributed by atoms with Gasteiger partial charge in [0.2, 0.25) is 10.0 Å². The van der Waals surface area contributed by atoms with E-state index >= 15 is 0 Å². The van der Waals surface area contributed by atoms with Crippen LogP contribution in [0.4, 0.5) is 5.69 Å². The molecule has 7 nitrogen and oxygen atoms in total. The number of nitrogens with zero attached hydrogens (tertiary/aromatic N) is 3. The van der Waals surface area contributed by atoms with E-state index in [1.54, 1.807) is 24.4 Å². The van der Waals surface area contributed by atoms with Gasteiger partial charge in [-0.1, -0.05) is 23.7 Å². The molecule has 0 saturated heterocycles. The lowest BCUT2D eigenvalue weighted by Gasteiger charge is -2.21. The van der Waals surface area contributed by atoms with Gasteiger partial charge in [0.1, 0.15) is 6.54 Å². The van der Waals surface area contributed by atoms with E-state index in [0.717, 1.165) is 38.8 Å². The van der Waals surface area contributed by atoms with E-state index in [2.05, 4.69) is 15.1 Å². The zero-order valence-corrected chi connectivity index (χ0v) is 19.9. The minimum absolute atomic E-state index is 0.372. The Bertz CT molecular complexity index is 1260. The summed E-state index contributed by atoms with van der Waals surface area (Å²) in [6.07, 6.45) is 2.61. The van der Waals surface area contributed by atoms with Gasteiger partial charge in [0.25, 0.3) is 5.91 Å². The largest absolute Gasteiger partial charge is 0.318 e. The minimum Gasteiger partial charge on any atom is -0.318 e. The van der Waals surface area contributed by atoms with Crippen molar-refractivity contribution < 1.29 is 13.2 Å². The molecule has 0 bridgehead atoms. The molecule has 1 amide bonds. The fourth-order valence-electron chi connectivity index (χ4n) is 3.43. The molecule has 3 rings (SSSR count). The van der Waals surface area contributed by atoms with Gasteiger partial charge in [-0.3, -0.25) is 9.10 Å². The molecule has 1 heterocycles. The summed E-state index contributed by atoms with van der Waals surface area (Å²) in [6, 6.07) is 16.4. The summed E-state index contributed by atoms with van der Waals surface area (Å²) < 4.78 is 27.5. The zero-order chi connectivity index (χ0) is 23.5. The lowest BCUT2D eigenvalue weighted by Crippen LogP contribution is -2.39. The Hall–Kier alpha value is -3.10. The summed E-state index contributed by atoms with van der Waals surface area (Å²) in [5, 5.41) is 4.69. The molecule has 2 aromatic carbocycles. The van der Waals surface area contributed by atoms with Crippen molar-refractivity contribution in [3.05, 3.63) is 82.1 Å². The highest BCUT2D eigenvalue weighted by atomic mass is 35.5. The number of hydrogen-bond donors (Lipinski definition) is 1. The van der Waals surface area contributed by atoms with Crippen LogP contribution >= 0.6 is 11.6 Å². The summed E-state index contributed by atoms with van der Waals surface area (Å²) >= 11 is 5.98. The third kappa shape index (κ3) is 5.57. The third-order valence-corrected chi connectivity index (χ3v) is 6.32. The molecule has 0 unspecified atom stereocenters. The van der Waals surface area contributed by atoms with Crippen molar-refractivity contribution in [3.63, 3.8) is 0 Å². The van der Waals surface area contributed by atoms with Gasteiger partial charge in [-0.15, -0.1) is 0 Å². The van der Waals surface area contributed by atoms with Crippen molar-refractivity contribution in [2.24, 2.45) is 5.10 Å². The average Bonchev–Trinajstić information content (AvgIpc) is 2.99. The first-order valence-corrected chi connectivity index (χ1v) is 12.1. The molecule has 0 aliphatic carbocycles. The van der Waals surface area contributed by atoms with Crippen LogP contribution in [0.3, 0.4) is 0 Å². The number of aryl methyl sites for hydroxylation is 2. The fourth-order valence-corrected chi connectivity index (χ4v) is 4.40. The average molecular weight is 473 g/mol. The Labute approximate surface area is 193 Å². The van der Waals surface area contributed by atoms with Gasteiger partial charge in [-0.2, -0.15) is 5.10 Å². The Kier molecular flexibility index (Phi) is 7.06. The van der Waals surface area contributed by atoms with Gasteiger partial charge in [-0.25, -0.2) is 13.8 Å². The standard InChI is InChI=1S/C23H25ClN4O3S/c1-16-6-5-7-22(12-16)27(32(4,30)31)15-23(29)26-25-14-19-13-17(2)28(18(19)3)21-10-8-20(24)9-11-21/h5-14H,15H2,1-4H3,(H,26,29)/b25-14-. The van der Waals surface area contributed by atoms with Crippen molar-refractivity contribution in [2.45, 2.75) is 20.8 Å². The first-order chi connectivity index (χ1) is 15.1. The molecule has 0 saturated carbocycles. The Morgan fingerprint density at radius 1 is 1.12 bits per heavy atom. The highest BCUT2D eigenvalue weighted by Gasteiger charge is 2.20. The number of rotatable bonds is 7. The number of sulfonamides is 1. The Morgan fingerprint density at radius 2 is 1.81 bits per heavy atom. The normalized spacial score (nSPS) is 11.7. The number of amides is 1. The lowest BCUT2D eigenvalue weighted by molar-refractivity contribution is -0.119. The van der Waals surface area contributed by atoms with Crippen molar-refractivity contribution in [1.29, 1.82) is 0 Å². The van der Waals surface area contributed by atoms with Crippen LogP contribution in [0.5, 0.6) is 0 Å². The summed E-state index contributed by atoms with van der Waals surface area (Å²) in [5.41, 5.74) is 7.48. The van der Waals surface area contributed by atoms with E-state index in [9.17, 15) is 13.2 Å². The van der Waals surface area contributed by atoms with Crippen LogP contribution in [-0.2, 0) is 14.8 Å². The number of hydrazone groups is 1. The van der Waals surface area contributed by atoms with Crippen LogP contribution in [0.2, 0.25) is 5.02 Å². The number of carbonyl (C=O) groups is 1. The summed E-state index contributed by atoms with van der Waals surface area (Å²) in [7, 11) is -3.64. The van der Waals surface area contributed by atoms with E-state index in [1.807, 2.05) is 57.2 Å². The van der Waals surface area contributed by atoms with E-state index in [0.29, 0.717) is 10.7 Å². The van der Waals surface area contributed by atoms with Crippen molar-refractivity contribution >= 4 is 39.4 Å². The van der Waals surface area contributed by atoms with Gasteiger partial charge >= 0.3 is 0 Å². The van der Waals surface area contributed by atoms with Crippen LogP contribution in [0.25, 0.3) is 5.69 Å². The van der Waals surface area contributed by atoms with Gasteiger partial charge in [0.05, 0.1) is 18.2 Å². The number of halogens is 1. The maximum Gasteiger partial charge on any atom is 0.260 e. The van der Waals surface area contributed by atoms with E-state index < -0.39 is 15.9 Å². The monoisotopic (exact) mass is 472 g/mol. The molecule has 1 aromatic heterocycles. The second-order valence-corrected chi connectivity index (χ2v) is 9.88. The number of anilines is 1. The lowest BCUT2D eigenvalue weighted by atomic mass is 10.2. The maximum absolute atomic E-state index is 12.4. The predicted octanol–water partition coefficient (Wildman–Crippen LogP) is 3.97. The van der Waals surface area contributed by atoms with Crippen molar-refractivity contribution in [2.75, 3.05) is 17.1 Å². The fraction of sp³-hybridized carbons (Fsp3) is 0.217. The molecule has 0 radical (unpaired) electrons.